The van der Waals surface area contributed by atoms with Gasteiger partial charge in [-0.05, 0) is 13.3 Å². The number of hydrogen-bond donors (Lipinski definition) is 1. The molecule has 0 bridgehead atoms. The van der Waals surface area contributed by atoms with Gasteiger partial charge in [0, 0.05) is 6.16 Å². The summed E-state index contributed by atoms with van der Waals surface area (Å²) in [5.41, 5.74) is 0. The van der Waals surface area contributed by atoms with E-state index < -0.39 is 7.60 Å². The van der Waals surface area contributed by atoms with E-state index >= 15 is 0 Å². The van der Waals surface area contributed by atoms with Crippen LogP contribution in [0.15, 0.2) is 0 Å². The summed E-state index contributed by atoms with van der Waals surface area (Å²) in [6.07, 6.45) is 7.03. The van der Waals surface area contributed by atoms with Gasteiger partial charge in [0.15, 0.2) is 0 Å². The highest BCUT2D eigenvalue weighted by atomic mass is 31.2. The molecule has 0 aromatic heterocycles. The molecule has 0 rings (SSSR count). The van der Waals surface area contributed by atoms with Gasteiger partial charge in [-0.1, -0.05) is 52.9 Å². The van der Waals surface area contributed by atoms with Gasteiger partial charge in [0.2, 0.25) is 0 Å². The summed E-state index contributed by atoms with van der Waals surface area (Å²) in [6, 6.07) is 0. The highest BCUT2D eigenvalue weighted by Crippen LogP contribution is 2.42. The largest absolute Gasteiger partial charge is 0.328 e. The fourth-order valence-electron chi connectivity index (χ4n) is 1.00. The lowest BCUT2D eigenvalue weighted by atomic mass is 10.2. The van der Waals surface area contributed by atoms with Gasteiger partial charge >= 0.3 is 7.60 Å². The summed E-state index contributed by atoms with van der Waals surface area (Å²) in [5, 5.41) is 0. The van der Waals surface area contributed by atoms with Crippen LogP contribution in [0.3, 0.4) is 0 Å². The molecule has 0 saturated heterocycles. The zero-order valence-electron chi connectivity index (χ0n) is 11.4. The maximum Gasteiger partial charge on any atom is 0.328 e. The summed E-state index contributed by atoms with van der Waals surface area (Å²) in [4.78, 5) is 9.15. The van der Waals surface area contributed by atoms with Gasteiger partial charge in [0.1, 0.15) is 0 Å². The first-order valence-electron chi connectivity index (χ1n) is 6.50. The molecular formula is C12H29O3P. The average molecular weight is 252 g/mol. The van der Waals surface area contributed by atoms with Gasteiger partial charge in [-0.15, -0.1) is 0 Å². The van der Waals surface area contributed by atoms with Crippen LogP contribution in [0, 0.1) is 0 Å². The van der Waals surface area contributed by atoms with E-state index in [1.807, 2.05) is 0 Å². The van der Waals surface area contributed by atoms with Crippen LogP contribution in [-0.4, -0.2) is 17.7 Å². The average Bonchev–Trinajstić information content (AvgIpc) is 2.25. The van der Waals surface area contributed by atoms with E-state index in [0.717, 1.165) is 25.7 Å². The Labute approximate surface area is 101 Å². The van der Waals surface area contributed by atoms with Crippen LogP contribution in [-0.2, 0) is 9.09 Å². The van der Waals surface area contributed by atoms with E-state index in [4.69, 9.17) is 9.42 Å². The second kappa shape index (κ2) is 13.2. The van der Waals surface area contributed by atoms with Gasteiger partial charge in [0.05, 0.1) is 6.61 Å². The van der Waals surface area contributed by atoms with Crippen molar-refractivity contribution in [1.82, 2.24) is 0 Å². The normalized spacial score (nSPS) is 13.8. The Morgan fingerprint density at radius 3 is 1.88 bits per heavy atom. The third-order valence-corrected chi connectivity index (χ3v) is 3.67. The smallest absolute Gasteiger partial charge is 0.324 e. The van der Waals surface area contributed by atoms with Gasteiger partial charge in [-0.3, -0.25) is 4.57 Å². The minimum atomic E-state index is -3.23. The van der Waals surface area contributed by atoms with Crippen LogP contribution in [0.4, 0.5) is 0 Å². The minimum Gasteiger partial charge on any atom is -0.324 e. The molecule has 0 saturated carbocycles. The van der Waals surface area contributed by atoms with Crippen LogP contribution in [0.25, 0.3) is 0 Å². The van der Waals surface area contributed by atoms with E-state index in [-0.39, 0.29) is 0 Å². The van der Waals surface area contributed by atoms with Crippen molar-refractivity contribution in [2.45, 2.75) is 66.2 Å². The molecular weight excluding hydrogens is 223 g/mol. The van der Waals surface area contributed by atoms with Gasteiger partial charge < -0.3 is 9.42 Å². The maximum atomic E-state index is 11.1. The molecule has 0 heterocycles. The molecule has 16 heavy (non-hydrogen) atoms. The zero-order valence-corrected chi connectivity index (χ0v) is 12.3. The first kappa shape index (κ1) is 18.5. The molecule has 4 heteroatoms. The van der Waals surface area contributed by atoms with Crippen molar-refractivity contribution in [3.05, 3.63) is 0 Å². The molecule has 0 spiro atoms. The standard InChI is InChI=1S/C8H19O3P.C4H10/c1-3-5-6-7-8-12(9,10)11-4-2;1-3-4-2/h3-8H2,1-2H3,(H,9,10);3-4H2,1-2H3. The minimum absolute atomic E-state index is 0.306. The molecule has 0 amide bonds. The van der Waals surface area contributed by atoms with Crippen molar-refractivity contribution in [2.24, 2.45) is 0 Å². The molecule has 0 aromatic carbocycles. The van der Waals surface area contributed by atoms with E-state index in [9.17, 15) is 4.57 Å². The molecule has 1 unspecified atom stereocenters. The third kappa shape index (κ3) is 16.6. The van der Waals surface area contributed by atoms with E-state index in [1.165, 1.54) is 12.8 Å². The molecule has 1 atom stereocenters. The summed E-state index contributed by atoms with van der Waals surface area (Å²) in [5.74, 6) is 0. The molecule has 0 aliphatic carbocycles. The second-order valence-electron chi connectivity index (χ2n) is 3.84. The monoisotopic (exact) mass is 252 g/mol. The first-order valence-corrected chi connectivity index (χ1v) is 8.26. The summed E-state index contributed by atoms with van der Waals surface area (Å²) >= 11 is 0. The predicted molar refractivity (Wildman–Crippen MR) is 71.0 cm³/mol. The Kier molecular flexibility index (Phi) is 15.3. The first-order chi connectivity index (χ1) is 7.54. The molecule has 0 aliphatic heterocycles. The van der Waals surface area contributed by atoms with Crippen LogP contribution in [0.2, 0.25) is 0 Å². The summed E-state index contributed by atoms with van der Waals surface area (Å²) < 4.78 is 15.8. The Hall–Kier alpha value is 0.150. The Bertz CT molecular complexity index is 170. The van der Waals surface area contributed by atoms with Crippen molar-refractivity contribution in [3.8, 4) is 0 Å². The third-order valence-electron chi connectivity index (χ3n) is 2.13. The van der Waals surface area contributed by atoms with Crippen molar-refractivity contribution in [2.75, 3.05) is 12.8 Å². The topological polar surface area (TPSA) is 46.5 Å². The Morgan fingerprint density at radius 1 is 0.938 bits per heavy atom. The maximum absolute atomic E-state index is 11.1. The fourth-order valence-corrected chi connectivity index (χ4v) is 2.16. The summed E-state index contributed by atoms with van der Waals surface area (Å²) in [7, 11) is -3.23. The molecule has 1 N–H and O–H groups in total. The van der Waals surface area contributed by atoms with Gasteiger partial charge in [0.25, 0.3) is 0 Å². The van der Waals surface area contributed by atoms with Crippen LogP contribution >= 0.6 is 7.60 Å². The van der Waals surface area contributed by atoms with Gasteiger partial charge in [-0.25, -0.2) is 0 Å². The van der Waals surface area contributed by atoms with E-state index in [2.05, 4.69) is 20.8 Å². The SMILES string of the molecule is CCCC.CCCCCCP(=O)(O)OCC. The van der Waals surface area contributed by atoms with Crippen molar-refractivity contribution >= 4 is 7.60 Å². The zero-order chi connectivity index (χ0) is 12.9. The number of unbranched alkanes of at least 4 members (excludes halogenated alkanes) is 4. The molecule has 100 valence electrons. The molecule has 3 nitrogen and oxygen atoms in total. The number of rotatable bonds is 8. The van der Waals surface area contributed by atoms with Gasteiger partial charge in [-0.2, -0.15) is 0 Å². The second-order valence-corrected chi connectivity index (χ2v) is 5.82. The number of hydrogen-bond acceptors (Lipinski definition) is 2. The Morgan fingerprint density at radius 2 is 1.50 bits per heavy atom. The highest BCUT2D eigenvalue weighted by molar-refractivity contribution is 7.52. The van der Waals surface area contributed by atoms with Crippen LogP contribution < -0.4 is 0 Å². The highest BCUT2D eigenvalue weighted by Gasteiger charge is 2.16. The quantitative estimate of drug-likeness (QED) is 0.507. The van der Waals surface area contributed by atoms with E-state index in [1.54, 1.807) is 6.92 Å². The lowest BCUT2D eigenvalue weighted by Crippen LogP contribution is -1.94. The van der Waals surface area contributed by atoms with E-state index in [0.29, 0.717) is 12.8 Å². The molecule has 0 aliphatic rings. The van der Waals surface area contributed by atoms with Crippen LogP contribution in [0.1, 0.15) is 66.2 Å². The van der Waals surface area contributed by atoms with Crippen LogP contribution in [0.5, 0.6) is 0 Å². The van der Waals surface area contributed by atoms with Crippen molar-refractivity contribution in [1.29, 1.82) is 0 Å². The molecule has 0 radical (unpaired) electrons. The summed E-state index contributed by atoms with van der Waals surface area (Å²) in [6.45, 7) is 8.53. The molecule has 0 aromatic rings. The fraction of sp³-hybridized carbons (Fsp3) is 1.00. The van der Waals surface area contributed by atoms with Crippen molar-refractivity contribution < 1.29 is 14.0 Å². The lowest BCUT2D eigenvalue weighted by molar-refractivity contribution is 0.273. The molecule has 0 fully saturated rings. The Balaban J connectivity index is 0. The predicted octanol–water partition coefficient (Wildman–Crippen LogP) is 4.60. The lowest BCUT2D eigenvalue weighted by Gasteiger charge is -2.09. The van der Waals surface area contributed by atoms with Crippen molar-refractivity contribution in [3.63, 3.8) is 0 Å².